The van der Waals surface area contributed by atoms with Gasteiger partial charge < -0.3 is 9.42 Å². The smallest absolute Gasteiger partial charge is 0.299 e. The van der Waals surface area contributed by atoms with Crippen LogP contribution in [0.2, 0.25) is 5.02 Å². The number of hydrogen-bond donors (Lipinski definition) is 0. The van der Waals surface area contributed by atoms with E-state index in [9.17, 15) is 9.59 Å². The molecule has 1 aromatic carbocycles. The maximum absolute atomic E-state index is 11.9. The average molecular weight is 263 g/mol. The van der Waals surface area contributed by atoms with Crippen LogP contribution in [0.1, 0.15) is 15.9 Å². The molecule has 1 aliphatic heterocycles. The Kier molecular flexibility index (Phi) is 2.41. The zero-order chi connectivity index (χ0) is 12.7. The van der Waals surface area contributed by atoms with Crippen molar-refractivity contribution >= 4 is 29.0 Å². The van der Waals surface area contributed by atoms with Crippen LogP contribution in [0.25, 0.3) is 0 Å². The summed E-state index contributed by atoms with van der Waals surface area (Å²) in [7, 11) is 0. The fourth-order valence-corrected chi connectivity index (χ4v) is 2.09. The third-order valence-corrected chi connectivity index (χ3v) is 2.99. The molecule has 1 aromatic heterocycles. The summed E-state index contributed by atoms with van der Waals surface area (Å²) in [5.41, 5.74) is 1.62. The molecule has 2 heterocycles. The van der Waals surface area contributed by atoms with E-state index in [1.165, 1.54) is 23.4 Å². The van der Waals surface area contributed by atoms with E-state index in [2.05, 4.69) is 5.16 Å². The summed E-state index contributed by atoms with van der Waals surface area (Å²) in [6.45, 7) is 0.253. The van der Waals surface area contributed by atoms with Crippen molar-refractivity contribution in [1.82, 2.24) is 5.16 Å². The lowest BCUT2D eigenvalue weighted by molar-refractivity contribution is -0.114. The molecule has 0 saturated carbocycles. The topological polar surface area (TPSA) is 63.4 Å². The molecule has 0 N–H and O–H groups in total. The SMILES string of the molecule is O=C1C(=O)N(Cc2cnoc2)c2ccc(Cl)cc21. The Labute approximate surface area is 107 Å². The number of halogens is 1. The van der Waals surface area contributed by atoms with Gasteiger partial charge in [0.1, 0.15) is 6.26 Å². The van der Waals surface area contributed by atoms with Crippen LogP contribution in [-0.2, 0) is 11.3 Å². The molecular weight excluding hydrogens is 256 g/mol. The molecule has 0 bridgehead atoms. The largest absolute Gasteiger partial charge is 0.364 e. The van der Waals surface area contributed by atoms with E-state index in [0.717, 1.165) is 5.56 Å². The van der Waals surface area contributed by atoms with Crippen molar-refractivity contribution < 1.29 is 14.1 Å². The van der Waals surface area contributed by atoms with E-state index >= 15 is 0 Å². The molecule has 0 saturated heterocycles. The van der Waals surface area contributed by atoms with Crippen molar-refractivity contribution in [3.63, 3.8) is 0 Å². The van der Waals surface area contributed by atoms with Gasteiger partial charge in [-0.2, -0.15) is 0 Å². The van der Waals surface area contributed by atoms with E-state index in [4.69, 9.17) is 16.1 Å². The van der Waals surface area contributed by atoms with Gasteiger partial charge >= 0.3 is 0 Å². The van der Waals surface area contributed by atoms with Crippen LogP contribution < -0.4 is 4.90 Å². The number of aromatic nitrogens is 1. The Hall–Kier alpha value is -2.14. The third-order valence-electron chi connectivity index (χ3n) is 2.76. The normalized spacial score (nSPS) is 14.2. The van der Waals surface area contributed by atoms with Gasteiger partial charge in [0.25, 0.3) is 11.7 Å². The van der Waals surface area contributed by atoms with Gasteiger partial charge in [-0.1, -0.05) is 16.8 Å². The first kappa shape index (κ1) is 11.0. The maximum atomic E-state index is 11.9. The number of anilines is 1. The monoisotopic (exact) mass is 262 g/mol. The van der Waals surface area contributed by atoms with Gasteiger partial charge in [0.2, 0.25) is 0 Å². The first-order valence-corrected chi connectivity index (χ1v) is 5.58. The molecule has 0 atom stereocenters. The van der Waals surface area contributed by atoms with Crippen LogP contribution in [0.5, 0.6) is 0 Å². The molecular formula is C12H7ClN2O3. The van der Waals surface area contributed by atoms with Gasteiger partial charge in [-0.05, 0) is 18.2 Å². The van der Waals surface area contributed by atoms with Crippen molar-refractivity contribution in [3.05, 3.63) is 46.8 Å². The highest BCUT2D eigenvalue weighted by molar-refractivity contribution is 6.52. The third kappa shape index (κ3) is 1.60. The second-order valence-electron chi connectivity index (χ2n) is 3.91. The Balaban J connectivity index is 2.02. The number of nitrogens with zero attached hydrogens (tertiary/aromatic N) is 2. The van der Waals surface area contributed by atoms with Crippen LogP contribution in [0.15, 0.2) is 35.2 Å². The van der Waals surface area contributed by atoms with E-state index < -0.39 is 11.7 Å². The van der Waals surface area contributed by atoms with Crippen LogP contribution in [-0.4, -0.2) is 16.8 Å². The highest BCUT2D eigenvalue weighted by Gasteiger charge is 2.35. The zero-order valence-corrected chi connectivity index (χ0v) is 9.85. The summed E-state index contributed by atoms with van der Waals surface area (Å²) < 4.78 is 4.70. The molecule has 3 rings (SSSR count). The Morgan fingerprint density at radius 1 is 1.33 bits per heavy atom. The summed E-state index contributed by atoms with van der Waals surface area (Å²) in [6, 6.07) is 4.81. The van der Waals surface area contributed by atoms with Crippen LogP contribution >= 0.6 is 11.6 Å². The molecule has 5 nitrogen and oxygen atoms in total. The lowest BCUT2D eigenvalue weighted by Crippen LogP contribution is -2.28. The zero-order valence-electron chi connectivity index (χ0n) is 9.09. The quantitative estimate of drug-likeness (QED) is 0.777. The predicted molar refractivity (Wildman–Crippen MR) is 63.5 cm³/mol. The Bertz CT molecular complexity index is 637. The average Bonchev–Trinajstić information content (AvgIpc) is 2.94. The fourth-order valence-electron chi connectivity index (χ4n) is 1.92. The van der Waals surface area contributed by atoms with Crippen molar-refractivity contribution in [2.45, 2.75) is 6.54 Å². The first-order chi connectivity index (χ1) is 8.66. The van der Waals surface area contributed by atoms with E-state index in [1.54, 1.807) is 12.1 Å². The number of carbonyl (C=O) groups excluding carboxylic acids is 2. The van der Waals surface area contributed by atoms with Gasteiger partial charge in [-0.15, -0.1) is 0 Å². The number of benzene rings is 1. The van der Waals surface area contributed by atoms with Gasteiger partial charge in [-0.3, -0.25) is 9.59 Å². The number of rotatable bonds is 2. The van der Waals surface area contributed by atoms with E-state index in [0.29, 0.717) is 16.3 Å². The number of Topliss-reactive ketones (excluding diaryl/α,β-unsaturated/α-hetero) is 1. The molecule has 0 fully saturated rings. The van der Waals surface area contributed by atoms with Gasteiger partial charge in [-0.25, -0.2) is 0 Å². The van der Waals surface area contributed by atoms with Crippen molar-refractivity contribution in [1.29, 1.82) is 0 Å². The second-order valence-corrected chi connectivity index (χ2v) is 4.35. The van der Waals surface area contributed by atoms with Crippen LogP contribution in [0, 0.1) is 0 Å². The summed E-state index contributed by atoms with van der Waals surface area (Å²) in [4.78, 5) is 25.1. The lowest BCUT2D eigenvalue weighted by Gasteiger charge is -2.14. The molecule has 1 amide bonds. The minimum absolute atomic E-state index is 0.253. The van der Waals surface area contributed by atoms with Crippen LogP contribution in [0.3, 0.4) is 0 Å². The number of hydrogen-bond acceptors (Lipinski definition) is 4. The highest BCUT2D eigenvalue weighted by atomic mass is 35.5. The van der Waals surface area contributed by atoms with Crippen molar-refractivity contribution in [2.24, 2.45) is 0 Å². The summed E-state index contributed by atoms with van der Waals surface area (Å²) >= 11 is 5.82. The fraction of sp³-hybridized carbons (Fsp3) is 0.0833. The summed E-state index contributed by atoms with van der Waals surface area (Å²) in [5, 5.41) is 3.99. The Morgan fingerprint density at radius 2 is 2.17 bits per heavy atom. The molecule has 0 unspecified atom stereocenters. The molecule has 0 radical (unpaired) electrons. The summed E-state index contributed by atoms with van der Waals surface area (Å²) in [6.07, 6.45) is 2.94. The molecule has 18 heavy (non-hydrogen) atoms. The highest BCUT2D eigenvalue weighted by Crippen LogP contribution is 2.32. The molecule has 1 aliphatic rings. The number of fused-ring (bicyclic) bond motifs is 1. The lowest BCUT2D eigenvalue weighted by atomic mass is 10.1. The first-order valence-electron chi connectivity index (χ1n) is 5.21. The Morgan fingerprint density at radius 3 is 2.89 bits per heavy atom. The van der Waals surface area contributed by atoms with Crippen LogP contribution in [0.4, 0.5) is 5.69 Å². The summed E-state index contributed by atoms with van der Waals surface area (Å²) in [5.74, 6) is -1.10. The van der Waals surface area contributed by atoms with Crippen molar-refractivity contribution in [2.75, 3.05) is 4.90 Å². The number of amides is 1. The number of carbonyl (C=O) groups is 2. The van der Waals surface area contributed by atoms with E-state index in [1.807, 2.05) is 0 Å². The van der Waals surface area contributed by atoms with Gasteiger partial charge in [0, 0.05) is 10.6 Å². The maximum Gasteiger partial charge on any atom is 0.299 e. The van der Waals surface area contributed by atoms with Gasteiger partial charge in [0.15, 0.2) is 0 Å². The predicted octanol–water partition coefficient (Wildman–Crippen LogP) is 2.06. The number of ketones is 1. The molecule has 2 aromatic rings. The van der Waals surface area contributed by atoms with Crippen molar-refractivity contribution in [3.8, 4) is 0 Å². The standard InChI is InChI=1S/C12H7ClN2O3/c13-8-1-2-10-9(3-8)11(16)12(17)15(10)5-7-4-14-18-6-7/h1-4,6H,5H2. The molecule has 0 spiro atoms. The minimum atomic E-state index is -0.562. The van der Waals surface area contributed by atoms with E-state index in [-0.39, 0.29) is 6.54 Å². The molecule has 0 aliphatic carbocycles. The minimum Gasteiger partial charge on any atom is -0.364 e. The van der Waals surface area contributed by atoms with Gasteiger partial charge in [0.05, 0.1) is 24.0 Å². The molecule has 6 heteroatoms. The second kappa shape index (κ2) is 3.96. The molecule has 90 valence electrons.